The number of nitrogens with zero attached hydrogens (tertiary/aromatic N) is 3. The molecule has 0 bridgehead atoms. The number of ether oxygens (including phenoxy) is 1. The van der Waals surface area contributed by atoms with Gasteiger partial charge in [-0.3, -0.25) is 9.73 Å². The van der Waals surface area contributed by atoms with Crippen molar-refractivity contribution in [3.63, 3.8) is 0 Å². The third-order valence-electron chi connectivity index (χ3n) is 4.86. The summed E-state index contributed by atoms with van der Waals surface area (Å²) in [6, 6.07) is 13.3. The Bertz CT molecular complexity index is 1110. The van der Waals surface area contributed by atoms with Crippen LogP contribution in [0.2, 0.25) is 0 Å². The predicted octanol–water partition coefficient (Wildman–Crippen LogP) is 3.13. The summed E-state index contributed by atoms with van der Waals surface area (Å²) in [5.41, 5.74) is 7.45. The van der Waals surface area contributed by atoms with Crippen molar-refractivity contribution in [2.24, 2.45) is 10.1 Å². The standard InChI is InChI=1S/C20H22N4O3S2/c1-13-10-15-11-14(8-9-18(15)24(13)29(3,25)26)17-12-28-20(23-22-17)21-16-6-4-5-7-19(16)27-2/h4-9,11,13H,10,12H2,1-3H3,(H,21,23)/t13-/m0/s1. The number of amidine groups is 1. The van der Waals surface area contributed by atoms with Gasteiger partial charge in [0.1, 0.15) is 11.4 Å². The van der Waals surface area contributed by atoms with Crippen LogP contribution in [0.4, 0.5) is 11.4 Å². The van der Waals surface area contributed by atoms with Crippen LogP contribution in [-0.2, 0) is 16.4 Å². The van der Waals surface area contributed by atoms with Crippen molar-refractivity contribution >= 4 is 44.0 Å². The minimum absolute atomic E-state index is 0.0735. The average molecular weight is 431 g/mol. The maximum absolute atomic E-state index is 12.1. The van der Waals surface area contributed by atoms with Gasteiger partial charge in [0.05, 0.1) is 24.8 Å². The Morgan fingerprint density at radius 1 is 1.28 bits per heavy atom. The molecule has 0 aromatic heterocycles. The second-order valence-electron chi connectivity index (χ2n) is 7.00. The van der Waals surface area contributed by atoms with Gasteiger partial charge in [-0.05, 0) is 48.7 Å². The molecule has 4 rings (SSSR count). The van der Waals surface area contributed by atoms with Gasteiger partial charge in [0.25, 0.3) is 0 Å². The van der Waals surface area contributed by atoms with Crippen molar-refractivity contribution in [3.8, 4) is 5.75 Å². The second-order valence-corrected chi connectivity index (χ2v) is 9.83. The summed E-state index contributed by atoms with van der Waals surface area (Å²) in [7, 11) is -1.66. The molecule has 7 nitrogen and oxygen atoms in total. The van der Waals surface area contributed by atoms with E-state index >= 15 is 0 Å². The number of hydrogen-bond donors (Lipinski definition) is 1. The quantitative estimate of drug-likeness (QED) is 0.806. The van der Waals surface area contributed by atoms with Gasteiger partial charge < -0.3 is 4.74 Å². The molecular weight excluding hydrogens is 408 g/mol. The molecule has 29 heavy (non-hydrogen) atoms. The molecular formula is C20H22N4O3S2. The number of anilines is 1. The lowest BCUT2D eigenvalue weighted by Gasteiger charge is -2.22. The van der Waals surface area contributed by atoms with Gasteiger partial charge in [-0.2, -0.15) is 5.10 Å². The molecule has 0 saturated carbocycles. The minimum Gasteiger partial charge on any atom is -0.494 e. The molecule has 0 aliphatic carbocycles. The summed E-state index contributed by atoms with van der Waals surface area (Å²) in [4.78, 5) is 4.58. The zero-order chi connectivity index (χ0) is 20.6. The van der Waals surface area contributed by atoms with E-state index in [0.717, 1.165) is 28.2 Å². The molecule has 1 atom stereocenters. The van der Waals surface area contributed by atoms with Crippen LogP contribution in [0.25, 0.3) is 0 Å². The molecule has 2 aromatic rings. The maximum Gasteiger partial charge on any atom is 0.232 e. The number of nitrogens with one attached hydrogen (secondary N) is 1. The van der Waals surface area contributed by atoms with Crippen molar-refractivity contribution in [1.29, 1.82) is 0 Å². The molecule has 0 unspecified atom stereocenters. The number of rotatable bonds is 4. The lowest BCUT2D eigenvalue weighted by molar-refractivity contribution is 0.416. The molecule has 2 aromatic carbocycles. The number of sulfonamides is 1. The van der Waals surface area contributed by atoms with E-state index in [4.69, 9.17) is 4.74 Å². The van der Waals surface area contributed by atoms with E-state index in [0.29, 0.717) is 23.1 Å². The highest BCUT2D eigenvalue weighted by Crippen LogP contribution is 2.35. The van der Waals surface area contributed by atoms with Crippen molar-refractivity contribution in [3.05, 3.63) is 53.6 Å². The van der Waals surface area contributed by atoms with Crippen LogP contribution in [0, 0.1) is 0 Å². The monoisotopic (exact) mass is 430 g/mol. The van der Waals surface area contributed by atoms with Crippen LogP contribution >= 0.6 is 11.8 Å². The van der Waals surface area contributed by atoms with Gasteiger partial charge >= 0.3 is 0 Å². The highest BCUT2D eigenvalue weighted by atomic mass is 32.2. The van der Waals surface area contributed by atoms with Gasteiger partial charge in [0, 0.05) is 11.8 Å². The minimum atomic E-state index is -3.29. The molecule has 0 saturated heterocycles. The fraction of sp³-hybridized carbons (Fsp3) is 0.300. The molecule has 9 heteroatoms. The summed E-state index contributed by atoms with van der Waals surface area (Å²) in [5, 5.41) is 5.19. The molecule has 2 aliphatic heterocycles. The molecule has 0 fully saturated rings. The predicted molar refractivity (Wildman–Crippen MR) is 119 cm³/mol. The lowest BCUT2D eigenvalue weighted by atomic mass is 10.0. The summed E-state index contributed by atoms with van der Waals surface area (Å²) in [5.74, 6) is 1.38. The molecule has 0 radical (unpaired) electrons. The van der Waals surface area contributed by atoms with Gasteiger partial charge in [-0.15, -0.1) is 0 Å². The summed E-state index contributed by atoms with van der Waals surface area (Å²) in [6.45, 7) is 1.93. The Balaban J connectivity index is 1.56. The van der Waals surface area contributed by atoms with Crippen molar-refractivity contribution in [1.82, 2.24) is 5.43 Å². The number of fused-ring (bicyclic) bond motifs is 1. The second kappa shape index (κ2) is 7.72. The third kappa shape index (κ3) is 3.97. The van der Waals surface area contributed by atoms with Crippen molar-refractivity contribution < 1.29 is 13.2 Å². The van der Waals surface area contributed by atoms with Gasteiger partial charge in [0.15, 0.2) is 5.17 Å². The van der Waals surface area contributed by atoms with Crippen LogP contribution < -0.4 is 14.5 Å². The van der Waals surface area contributed by atoms with Crippen LogP contribution in [0.15, 0.2) is 52.6 Å². The van der Waals surface area contributed by atoms with E-state index in [-0.39, 0.29) is 6.04 Å². The molecule has 1 N–H and O–H groups in total. The zero-order valence-electron chi connectivity index (χ0n) is 16.4. The number of benzene rings is 2. The van der Waals surface area contributed by atoms with Crippen LogP contribution in [-0.4, -0.2) is 44.5 Å². The number of hydrazone groups is 1. The number of hydrogen-bond acceptors (Lipinski definition) is 6. The highest BCUT2D eigenvalue weighted by molar-refractivity contribution is 8.14. The first-order chi connectivity index (χ1) is 13.9. The number of para-hydroxylation sites is 2. The van der Waals surface area contributed by atoms with Crippen molar-refractivity contribution in [2.45, 2.75) is 19.4 Å². The summed E-state index contributed by atoms with van der Waals surface area (Å²) >= 11 is 1.57. The smallest absolute Gasteiger partial charge is 0.232 e. The average Bonchev–Trinajstić information content (AvgIpc) is 3.04. The Hall–Kier alpha value is -2.52. The molecule has 0 amide bonds. The Morgan fingerprint density at radius 3 is 2.76 bits per heavy atom. The van der Waals surface area contributed by atoms with E-state index in [1.165, 1.54) is 10.6 Å². The number of thioether (sulfide) groups is 1. The van der Waals surface area contributed by atoms with Crippen LogP contribution in [0.5, 0.6) is 5.75 Å². The summed E-state index contributed by atoms with van der Waals surface area (Å²) in [6.07, 6.45) is 1.95. The highest BCUT2D eigenvalue weighted by Gasteiger charge is 2.32. The Kier molecular flexibility index (Phi) is 5.26. The fourth-order valence-electron chi connectivity index (χ4n) is 3.64. The van der Waals surface area contributed by atoms with Gasteiger partial charge in [-0.25, -0.2) is 13.4 Å². The topological polar surface area (TPSA) is 83.4 Å². The van der Waals surface area contributed by atoms with E-state index in [2.05, 4.69) is 15.5 Å². The third-order valence-corrected chi connectivity index (χ3v) is 7.01. The fourth-order valence-corrected chi connectivity index (χ4v) is 5.68. The number of methoxy groups -OCH3 is 1. The van der Waals surface area contributed by atoms with Gasteiger partial charge in [0.2, 0.25) is 10.0 Å². The molecule has 2 aliphatic rings. The normalized spacial score (nSPS) is 20.2. The summed E-state index contributed by atoms with van der Waals surface area (Å²) < 4.78 is 31.0. The maximum atomic E-state index is 12.1. The first kappa shape index (κ1) is 19.8. The Labute approximate surface area is 174 Å². The SMILES string of the molecule is COc1ccccc1N=C1NN=C(c2ccc3c(c2)C[C@H](C)N3S(C)(=O)=O)CS1. The van der Waals surface area contributed by atoms with Gasteiger partial charge in [-0.1, -0.05) is 30.0 Å². The molecule has 152 valence electrons. The van der Waals surface area contributed by atoms with Crippen LogP contribution in [0.3, 0.4) is 0 Å². The van der Waals surface area contributed by atoms with E-state index in [1.807, 2.05) is 49.4 Å². The zero-order valence-corrected chi connectivity index (χ0v) is 18.0. The first-order valence-electron chi connectivity index (χ1n) is 9.16. The van der Waals surface area contributed by atoms with E-state index in [9.17, 15) is 8.42 Å². The van der Waals surface area contributed by atoms with E-state index < -0.39 is 10.0 Å². The molecule has 0 spiro atoms. The largest absolute Gasteiger partial charge is 0.494 e. The Morgan fingerprint density at radius 2 is 2.07 bits per heavy atom. The molecule has 2 heterocycles. The lowest BCUT2D eigenvalue weighted by Crippen LogP contribution is -2.34. The van der Waals surface area contributed by atoms with Crippen molar-refractivity contribution in [2.75, 3.05) is 23.4 Å². The number of aliphatic imine (C=N–C) groups is 1. The first-order valence-corrected chi connectivity index (χ1v) is 12.0. The van der Waals surface area contributed by atoms with E-state index in [1.54, 1.807) is 18.9 Å². The van der Waals surface area contributed by atoms with Crippen LogP contribution in [0.1, 0.15) is 18.1 Å².